The van der Waals surface area contributed by atoms with Crippen LogP contribution in [0.25, 0.3) is 10.9 Å². The normalized spacial score (nSPS) is 10.8. The van der Waals surface area contributed by atoms with Crippen molar-refractivity contribution in [3.63, 3.8) is 0 Å². The van der Waals surface area contributed by atoms with Crippen LogP contribution in [0.15, 0.2) is 34.0 Å². The van der Waals surface area contributed by atoms with Crippen LogP contribution in [0.2, 0.25) is 5.02 Å². The molecule has 0 aliphatic carbocycles. The van der Waals surface area contributed by atoms with E-state index in [-0.39, 0.29) is 11.3 Å². The number of carbonyl (C=O) groups is 1. The van der Waals surface area contributed by atoms with E-state index in [0.717, 1.165) is 17.1 Å². The fourth-order valence-electron chi connectivity index (χ4n) is 1.66. The van der Waals surface area contributed by atoms with Gasteiger partial charge >= 0.3 is 5.97 Å². The number of hydrogen-bond donors (Lipinski definition) is 1. The molecule has 0 spiro atoms. The van der Waals surface area contributed by atoms with Crippen LogP contribution in [0.3, 0.4) is 0 Å². The lowest BCUT2D eigenvalue weighted by Crippen LogP contribution is -2.16. The van der Waals surface area contributed by atoms with Crippen molar-refractivity contribution in [1.29, 1.82) is 0 Å². The number of aryl methyl sites for hydroxylation is 1. The summed E-state index contributed by atoms with van der Waals surface area (Å²) in [5.41, 5.74) is 0.514. The number of carboxylic acids is 1. The van der Waals surface area contributed by atoms with Gasteiger partial charge in [-0.1, -0.05) is 17.7 Å². The van der Waals surface area contributed by atoms with Crippen molar-refractivity contribution in [2.24, 2.45) is 7.05 Å². The van der Waals surface area contributed by atoms with Crippen LogP contribution >= 0.6 is 23.4 Å². The average molecular weight is 284 g/mol. The Morgan fingerprint density at radius 2 is 2.17 bits per heavy atom. The van der Waals surface area contributed by atoms with Gasteiger partial charge in [0.15, 0.2) is 0 Å². The van der Waals surface area contributed by atoms with Crippen LogP contribution in [0.4, 0.5) is 0 Å². The van der Waals surface area contributed by atoms with E-state index in [2.05, 4.69) is 0 Å². The third-order valence-corrected chi connectivity index (χ3v) is 3.80. The minimum Gasteiger partial charge on any atom is -0.481 e. The van der Waals surface area contributed by atoms with Crippen LogP contribution < -0.4 is 5.56 Å². The smallest absolute Gasteiger partial charge is 0.313 e. The predicted molar refractivity (Wildman–Crippen MR) is 72.6 cm³/mol. The number of benzene rings is 1. The molecule has 4 nitrogen and oxygen atoms in total. The highest BCUT2D eigenvalue weighted by Crippen LogP contribution is 2.27. The Kier molecular flexibility index (Phi) is 3.63. The topological polar surface area (TPSA) is 59.3 Å². The lowest BCUT2D eigenvalue weighted by molar-refractivity contribution is -0.133. The number of halogens is 1. The Morgan fingerprint density at radius 1 is 1.44 bits per heavy atom. The number of aliphatic carboxylic acids is 1. The number of nitrogens with zero attached hydrogens (tertiary/aromatic N) is 1. The number of aromatic nitrogens is 1. The quantitative estimate of drug-likeness (QED) is 0.879. The largest absolute Gasteiger partial charge is 0.481 e. The summed E-state index contributed by atoms with van der Waals surface area (Å²) in [6.45, 7) is 0. The first-order valence-electron chi connectivity index (χ1n) is 5.13. The Morgan fingerprint density at radius 3 is 2.83 bits per heavy atom. The predicted octanol–water partition coefficient (Wildman–Crippen LogP) is 2.37. The fourth-order valence-corrected chi connectivity index (χ4v) is 2.61. The van der Waals surface area contributed by atoms with Gasteiger partial charge in [0.25, 0.3) is 5.56 Å². The molecule has 2 rings (SSSR count). The lowest BCUT2D eigenvalue weighted by atomic mass is 10.2. The molecule has 1 heterocycles. The molecule has 0 saturated carbocycles. The third kappa shape index (κ3) is 2.52. The molecule has 0 bridgehead atoms. The van der Waals surface area contributed by atoms with Gasteiger partial charge < -0.3 is 9.67 Å². The van der Waals surface area contributed by atoms with Gasteiger partial charge in [-0.15, -0.1) is 11.8 Å². The van der Waals surface area contributed by atoms with Gasteiger partial charge in [0.2, 0.25) is 0 Å². The SMILES string of the molecule is Cn1c(=O)cc(SCC(=O)O)c2ccc(Cl)cc21. The van der Waals surface area contributed by atoms with Gasteiger partial charge in [0.05, 0.1) is 11.3 Å². The first-order valence-corrected chi connectivity index (χ1v) is 6.49. The Labute approximate surface area is 112 Å². The number of thioether (sulfide) groups is 1. The van der Waals surface area contributed by atoms with E-state index in [1.54, 1.807) is 25.2 Å². The maximum atomic E-state index is 11.8. The molecule has 1 N–H and O–H groups in total. The molecular formula is C12H10ClNO3S. The van der Waals surface area contributed by atoms with Crippen molar-refractivity contribution in [2.75, 3.05) is 5.75 Å². The van der Waals surface area contributed by atoms with Gasteiger partial charge in [-0.25, -0.2) is 0 Å². The van der Waals surface area contributed by atoms with Crippen LogP contribution in [0.5, 0.6) is 0 Å². The zero-order valence-corrected chi connectivity index (χ0v) is 11.1. The number of rotatable bonds is 3. The fraction of sp³-hybridized carbons (Fsp3) is 0.167. The number of hydrogen-bond acceptors (Lipinski definition) is 3. The van der Waals surface area contributed by atoms with E-state index in [1.165, 1.54) is 10.6 Å². The van der Waals surface area contributed by atoms with Gasteiger partial charge in [0.1, 0.15) is 0 Å². The molecule has 0 aliphatic rings. The summed E-state index contributed by atoms with van der Waals surface area (Å²) >= 11 is 7.04. The highest BCUT2D eigenvalue weighted by Gasteiger charge is 2.09. The van der Waals surface area contributed by atoms with Gasteiger partial charge in [-0.2, -0.15) is 0 Å². The zero-order valence-electron chi connectivity index (χ0n) is 9.51. The molecule has 0 saturated heterocycles. The van der Waals surface area contributed by atoms with E-state index >= 15 is 0 Å². The summed E-state index contributed by atoms with van der Waals surface area (Å²) in [5, 5.41) is 10.1. The Bertz CT molecular complexity index is 681. The number of carboxylic acid groups (broad SMARTS) is 1. The summed E-state index contributed by atoms with van der Waals surface area (Å²) in [4.78, 5) is 23.0. The van der Waals surface area contributed by atoms with Crippen molar-refractivity contribution < 1.29 is 9.90 Å². The molecule has 0 aliphatic heterocycles. The molecule has 0 atom stereocenters. The van der Waals surface area contributed by atoms with Crippen molar-refractivity contribution >= 4 is 40.2 Å². The van der Waals surface area contributed by atoms with Gasteiger partial charge in [-0.05, 0) is 12.1 Å². The van der Waals surface area contributed by atoms with Gasteiger partial charge in [0, 0.05) is 28.4 Å². The second-order valence-electron chi connectivity index (χ2n) is 3.75. The molecule has 0 fully saturated rings. The highest BCUT2D eigenvalue weighted by molar-refractivity contribution is 8.00. The number of fused-ring (bicyclic) bond motifs is 1. The average Bonchev–Trinajstić information content (AvgIpc) is 2.32. The summed E-state index contributed by atoms with van der Waals surface area (Å²) in [6.07, 6.45) is 0. The molecule has 1 aromatic carbocycles. The Hall–Kier alpha value is -1.46. The first-order chi connectivity index (χ1) is 8.49. The molecule has 18 heavy (non-hydrogen) atoms. The number of pyridine rings is 1. The highest BCUT2D eigenvalue weighted by atomic mass is 35.5. The van der Waals surface area contributed by atoms with Crippen molar-refractivity contribution in [2.45, 2.75) is 4.90 Å². The first kappa shape index (κ1) is 13.0. The second-order valence-corrected chi connectivity index (χ2v) is 5.20. The Balaban J connectivity index is 2.63. The van der Waals surface area contributed by atoms with E-state index < -0.39 is 5.97 Å². The maximum Gasteiger partial charge on any atom is 0.313 e. The van der Waals surface area contributed by atoms with Crippen molar-refractivity contribution in [3.05, 3.63) is 39.6 Å². The van der Waals surface area contributed by atoms with Crippen molar-refractivity contribution in [3.8, 4) is 0 Å². The molecule has 94 valence electrons. The molecule has 0 amide bonds. The molecule has 2 aromatic rings. The maximum absolute atomic E-state index is 11.8. The summed E-state index contributed by atoms with van der Waals surface area (Å²) in [7, 11) is 1.66. The minimum absolute atomic E-state index is 0.0785. The molecule has 0 unspecified atom stereocenters. The standard InChI is InChI=1S/C12H10ClNO3S/c1-14-9-4-7(13)2-3-8(9)10(5-11(14)15)18-6-12(16)17/h2-5H,6H2,1H3,(H,16,17). The van der Waals surface area contributed by atoms with E-state index in [0.29, 0.717) is 15.4 Å². The molecular weight excluding hydrogens is 274 g/mol. The monoisotopic (exact) mass is 283 g/mol. The van der Waals surface area contributed by atoms with Gasteiger partial charge in [-0.3, -0.25) is 9.59 Å². The van der Waals surface area contributed by atoms with E-state index in [1.807, 2.05) is 0 Å². The van der Waals surface area contributed by atoms with E-state index in [9.17, 15) is 9.59 Å². The third-order valence-electron chi connectivity index (χ3n) is 2.52. The molecule has 6 heteroatoms. The van der Waals surface area contributed by atoms with Crippen LogP contribution in [0.1, 0.15) is 0 Å². The molecule has 0 radical (unpaired) electrons. The van der Waals surface area contributed by atoms with Crippen LogP contribution in [-0.4, -0.2) is 21.4 Å². The van der Waals surface area contributed by atoms with E-state index in [4.69, 9.17) is 16.7 Å². The van der Waals surface area contributed by atoms with Crippen molar-refractivity contribution in [1.82, 2.24) is 4.57 Å². The molecule has 1 aromatic heterocycles. The summed E-state index contributed by atoms with van der Waals surface area (Å²) in [5.74, 6) is -0.993. The minimum atomic E-state index is -0.914. The summed E-state index contributed by atoms with van der Waals surface area (Å²) < 4.78 is 1.49. The second kappa shape index (κ2) is 5.04. The van der Waals surface area contributed by atoms with Crippen LogP contribution in [-0.2, 0) is 11.8 Å². The summed E-state index contributed by atoms with van der Waals surface area (Å²) in [6, 6.07) is 6.66. The van der Waals surface area contributed by atoms with Crippen LogP contribution in [0, 0.1) is 0 Å². The zero-order chi connectivity index (χ0) is 13.3. The lowest BCUT2D eigenvalue weighted by Gasteiger charge is -2.09.